The van der Waals surface area contributed by atoms with Crippen molar-refractivity contribution in [2.24, 2.45) is 5.73 Å². The predicted octanol–water partition coefficient (Wildman–Crippen LogP) is 3.04. The molecule has 2 aromatic rings. The average molecular weight is 301 g/mol. The lowest BCUT2D eigenvalue weighted by atomic mass is 9.94. The second-order valence-corrected chi connectivity index (χ2v) is 5.66. The van der Waals surface area contributed by atoms with E-state index in [2.05, 4.69) is 30.3 Å². The highest BCUT2D eigenvalue weighted by Gasteiger charge is 2.24. The van der Waals surface area contributed by atoms with Crippen molar-refractivity contribution in [1.29, 1.82) is 0 Å². The van der Waals surface area contributed by atoms with Gasteiger partial charge in [0.15, 0.2) is 6.29 Å². The summed E-state index contributed by atoms with van der Waals surface area (Å²) in [4.78, 5) is 0. The molecule has 4 heteroatoms. The summed E-state index contributed by atoms with van der Waals surface area (Å²) < 4.78 is 17.0. The molecule has 4 nitrogen and oxygen atoms in total. The molecule has 0 radical (unpaired) electrons. The first kappa shape index (κ1) is 15.3. The Hall–Kier alpha value is -1.62. The van der Waals surface area contributed by atoms with Gasteiger partial charge < -0.3 is 19.9 Å². The molecular formula is C18H23NO3. The van der Waals surface area contributed by atoms with E-state index < -0.39 is 0 Å². The molecule has 0 amide bonds. The number of methoxy groups -OCH3 is 1. The maximum absolute atomic E-state index is 5.84. The summed E-state index contributed by atoms with van der Waals surface area (Å²) in [7, 11) is 1.69. The van der Waals surface area contributed by atoms with Gasteiger partial charge in [-0.1, -0.05) is 24.3 Å². The fraction of sp³-hybridized carbons (Fsp3) is 0.444. The van der Waals surface area contributed by atoms with Crippen LogP contribution in [0.4, 0.5) is 0 Å². The highest BCUT2D eigenvalue weighted by Crippen LogP contribution is 2.31. The van der Waals surface area contributed by atoms with Crippen molar-refractivity contribution in [2.75, 3.05) is 26.9 Å². The number of hydrogen-bond donors (Lipinski definition) is 1. The lowest BCUT2D eigenvalue weighted by Crippen LogP contribution is -2.31. The van der Waals surface area contributed by atoms with E-state index in [9.17, 15) is 0 Å². The average Bonchev–Trinajstić information content (AvgIpc) is 2.59. The fourth-order valence-corrected chi connectivity index (χ4v) is 2.94. The summed E-state index contributed by atoms with van der Waals surface area (Å²) in [5.41, 5.74) is 6.80. The Bertz CT molecular complexity index is 621. The first-order valence-corrected chi connectivity index (χ1v) is 7.81. The van der Waals surface area contributed by atoms with Gasteiger partial charge in [-0.25, -0.2) is 0 Å². The minimum Gasteiger partial charge on any atom is -0.497 e. The standard InChI is InChI=1S/C18H23NO3/c1-20-15-7-8-17-13(10-15)4-2-5-16(17)14-11-21-18(22-12-14)6-3-9-19/h2,4-5,7-8,10,14,18H,3,6,9,11-12,19H2,1H3/t14-,18-. The molecule has 2 N–H and O–H groups in total. The maximum Gasteiger partial charge on any atom is 0.157 e. The van der Waals surface area contributed by atoms with Crippen LogP contribution in [0.2, 0.25) is 0 Å². The van der Waals surface area contributed by atoms with Gasteiger partial charge in [0.2, 0.25) is 0 Å². The zero-order valence-electron chi connectivity index (χ0n) is 13.0. The third-order valence-electron chi connectivity index (χ3n) is 4.17. The highest BCUT2D eigenvalue weighted by molar-refractivity contribution is 5.87. The van der Waals surface area contributed by atoms with Crippen molar-refractivity contribution in [3.63, 3.8) is 0 Å². The Morgan fingerprint density at radius 1 is 1.18 bits per heavy atom. The third kappa shape index (κ3) is 3.24. The first-order valence-electron chi connectivity index (χ1n) is 7.81. The largest absolute Gasteiger partial charge is 0.497 e. The Labute approximate surface area is 131 Å². The van der Waals surface area contributed by atoms with Gasteiger partial charge in [0.05, 0.1) is 20.3 Å². The molecule has 0 aliphatic carbocycles. The molecule has 0 aromatic heterocycles. The first-order chi connectivity index (χ1) is 10.8. The van der Waals surface area contributed by atoms with Crippen LogP contribution < -0.4 is 10.5 Å². The van der Waals surface area contributed by atoms with E-state index in [0.29, 0.717) is 19.8 Å². The number of rotatable bonds is 5. The van der Waals surface area contributed by atoms with Crippen LogP contribution in [0.25, 0.3) is 10.8 Å². The summed E-state index contributed by atoms with van der Waals surface area (Å²) in [5, 5.41) is 2.42. The van der Waals surface area contributed by atoms with Crippen molar-refractivity contribution in [1.82, 2.24) is 0 Å². The highest BCUT2D eigenvalue weighted by atomic mass is 16.7. The summed E-state index contributed by atoms with van der Waals surface area (Å²) >= 11 is 0. The van der Waals surface area contributed by atoms with E-state index in [-0.39, 0.29) is 12.2 Å². The molecule has 0 unspecified atom stereocenters. The van der Waals surface area contributed by atoms with Crippen LogP contribution in [0, 0.1) is 0 Å². The van der Waals surface area contributed by atoms with Gasteiger partial charge in [0.25, 0.3) is 0 Å². The number of fused-ring (bicyclic) bond motifs is 1. The molecule has 0 atom stereocenters. The van der Waals surface area contributed by atoms with E-state index >= 15 is 0 Å². The van der Waals surface area contributed by atoms with Gasteiger partial charge in [0, 0.05) is 5.92 Å². The molecule has 0 spiro atoms. The molecule has 0 saturated carbocycles. The normalized spacial score (nSPS) is 21.9. The van der Waals surface area contributed by atoms with Crippen molar-refractivity contribution in [3.05, 3.63) is 42.0 Å². The molecule has 1 fully saturated rings. The Morgan fingerprint density at radius 2 is 2.00 bits per heavy atom. The third-order valence-corrected chi connectivity index (χ3v) is 4.17. The van der Waals surface area contributed by atoms with E-state index in [4.69, 9.17) is 19.9 Å². The Morgan fingerprint density at radius 3 is 2.73 bits per heavy atom. The van der Waals surface area contributed by atoms with Crippen molar-refractivity contribution in [2.45, 2.75) is 25.0 Å². The monoisotopic (exact) mass is 301 g/mol. The molecule has 1 aliphatic rings. The SMILES string of the molecule is COc1ccc2c(cccc2[C@H]2CO[C@H](CCCN)OC2)c1. The maximum atomic E-state index is 5.84. The van der Waals surface area contributed by atoms with Gasteiger partial charge in [0.1, 0.15) is 5.75 Å². The van der Waals surface area contributed by atoms with Crippen LogP contribution in [-0.2, 0) is 9.47 Å². The molecule has 2 aromatic carbocycles. The number of nitrogens with two attached hydrogens (primary N) is 1. The van der Waals surface area contributed by atoms with E-state index in [1.807, 2.05) is 6.07 Å². The minimum atomic E-state index is -0.102. The van der Waals surface area contributed by atoms with Crippen LogP contribution in [0.15, 0.2) is 36.4 Å². The molecule has 1 aliphatic heterocycles. The lowest BCUT2D eigenvalue weighted by Gasteiger charge is -2.30. The quantitative estimate of drug-likeness (QED) is 0.922. The molecule has 22 heavy (non-hydrogen) atoms. The van der Waals surface area contributed by atoms with Crippen molar-refractivity contribution >= 4 is 10.8 Å². The number of ether oxygens (including phenoxy) is 3. The molecular weight excluding hydrogens is 278 g/mol. The van der Waals surface area contributed by atoms with Crippen LogP contribution in [-0.4, -0.2) is 33.2 Å². The van der Waals surface area contributed by atoms with Gasteiger partial charge in [-0.3, -0.25) is 0 Å². The Balaban J connectivity index is 1.77. The summed E-state index contributed by atoms with van der Waals surface area (Å²) in [6, 6.07) is 12.5. The molecule has 1 saturated heterocycles. The van der Waals surface area contributed by atoms with Gasteiger partial charge >= 0.3 is 0 Å². The van der Waals surface area contributed by atoms with Crippen LogP contribution >= 0.6 is 0 Å². The Kier molecular flexibility index (Phi) is 4.93. The summed E-state index contributed by atoms with van der Waals surface area (Å²) in [6.07, 6.45) is 1.70. The molecule has 3 rings (SSSR count). The van der Waals surface area contributed by atoms with Crippen molar-refractivity contribution in [3.8, 4) is 5.75 Å². The number of benzene rings is 2. The van der Waals surface area contributed by atoms with Crippen molar-refractivity contribution < 1.29 is 14.2 Å². The molecule has 118 valence electrons. The van der Waals surface area contributed by atoms with Crippen LogP contribution in [0.3, 0.4) is 0 Å². The van der Waals surface area contributed by atoms with E-state index in [1.165, 1.54) is 16.3 Å². The lowest BCUT2D eigenvalue weighted by molar-refractivity contribution is -0.189. The van der Waals surface area contributed by atoms with Gasteiger partial charge in [-0.15, -0.1) is 0 Å². The van der Waals surface area contributed by atoms with Gasteiger partial charge in [-0.2, -0.15) is 0 Å². The second-order valence-electron chi connectivity index (χ2n) is 5.66. The predicted molar refractivity (Wildman–Crippen MR) is 87.2 cm³/mol. The second kappa shape index (κ2) is 7.09. The van der Waals surface area contributed by atoms with E-state index in [1.54, 1.807) is 7.11 Å². The fourth-order valence-electron chi connectivity index (χ4n) is 2.94. The molecule has 0 bridgehead atoms. The summed E-state index contributed by atoms with van der Waals surface area (Å²) in [6.45, 7) is 2.07. The smallest absolute Gasteiger partial charge is 0.157 e. The van der Waals surface area contributed by atoms with Crippen LogP contribution in [0.5, 0.6) is 5.75 Å². The zero-order valence-corrected chi connectivity index (χ0v) is 13.0. The summed E-state index contributed by atoms with van der Waals surface area (Å²) in [5.74, 6) is 1.15. The van der Waals surface area contributed by atoms with Gasteiger partial charge in [-0.05, 0) is 47.9 Å². The number of hydrogen-bond acceptors (Lipinski definition) is 4. The van der Waals surface area contributed by atoms with E-state index in [0.717, 1.165) is 18.6 Å². The zero-order chi connectivity index (χ0) is 15.4. The molecule has 1 heterocycles. The topological polar surface area (TPSA) is 53.7 Å². The van der Waals surface area contributed by atoms with Crippen LogP contribution in [0.1, 0.15) is 24.3 Å². The minimum absolute atomic E-state index is 0.102.